The Balaban J connectivity index is 2.15. The lowest BCUT2D eigenvalue weighted by atomic mass is 10.1. The molecule has 0 bridgehead atoms. The molecule has 0 atom stereocenters. The van der Waals surface area contributed by atoms with Crippen LogP contribution in [0.4, 0.5) is 18.9 Å². The van der Waals surface area contributed by atoms with E-state index in [0.717, 1.165) is 17.2 Å². The van der Waals surface area contributed by atoms with Crippen LogP contribution in [0, 0.1) is 6.92 Å². The standard InChI is InChI=1S/C16H15F3N2S/c1-11-6-2-3-7-12(11)10-22-15(20)21-14-9-5-4-8-13(14)16(17,18)19/h2-9H,10H2,1H3,(H2,20,21). The van der Waals surface area contributed by atoms with Crippen LogP contribution < -0.4 is 5.73 Å². The highest BCUT2D eigenvalue weighted by Gasteiger charge is 2.33. The number of hydrogen-bond acceptors (Lipinski definition) is 2. The predicted octanol–water partition coefficient (Wildman–Crippen LogP) is 4.89. The van der Waals surface area contributed by atoms with Crippen LogP contribution in [0.5, 0.6) is 0 Å². The second-order valence-corrected chi connectivity index (χ2v) is 5.68. The molecule has 2 aromatic rings. The third-order valence-corrected chi connectivity index (χ3v) is 3.92. The average molecular weight is 324 g/mol. The lowest BCUT2D eigenvalue weighted by molar-refractivity contribution is -0.137. The van der Waals surface area contributed by atoms with Crippen molar-refractivity contribution < 1.29 is 13.2 Å². The Hall–Kier alpha value is -1.95. The Bertz CT molecular complexity index is 681. The van der Waals surface area contributed by atoms with E-state index in [1.165, 1.54) is 30.0 Å². The van der Waals surface area contributed by atoms with Crippen molar-refractivity contribution in [1.82, 2.24) is 0 Å². The molecule has 0 aliphatic heterocycles. The molecule has 0 radical (unpaired) electrons. The van der Waals surface area contributed by atoms with Crippen molar-refractivity contribution in [2.45, 2.75) is 18.9 Å². The highest BCUT2D eigenvalue weighted by atomic mass is 32.2. The number of amidine groups is 1. The summed E-state index contributed by atoms with van der Waals surface area (Å²) in [6.07, 6.45) is -4.44. The number of nitrogens with zero attached hydrogens (tertiary/aromatic N) is 1. The van der Waals surface area contributed by atoms with E-state index in [9.17, 15) is 13.2 Å². The number of rotatable bonds is 3. The first-order chi connectivity index (χ1) is 10.4. The fourth-order valence-corrected chi connectivity index (χ4v) is 2.68. The topological polar surface area (TPSA) is 38.4 Å². The Morgan fingerprint density at radius 3 is 2.41 bits per heavy atom. The molecular weight excluding hydrogens is 309 g/mol. The maximum absolute atomic E-state index is 12.9. The summed E-state index contributed by atoms with van der Waals surface area (Å²) in [5.41, 5.74) is 7.00. The van der Waals surface area contributed by atoms with Crippen LogP contribution in [0.3, 0.4) is 0 Å². The molecular formula is C16H15F3N2S. The predicted molar refractivity (Wildman–Crippen MR) is 85.2 cm³/mol. The quantitative estimate of drug-likeness (QED) is 0.644. The monoisotopic (exact) mass is 324 g/mol. The van der Waals surface area contributed by atoms with Crippen LogP contribution >= 0.6 is 11.8 Å². The molecule has 22 heavy (non-hydrogen) atoms. The molecule has 0 amide bonds. The van der Waals surface area contributed by atoms with E-state index in [2.05, 4.69) is 4.99 Å². The minimum Gasteiger partial charge on any atom is -0.378 e. The average Bonchev–Trinajstić information content (AvgIpc) is 2.46. The Kier molecular flexibility index (Phi) is 5.13. The molecule has 0 aliphatic rings. The molecule has 0 fully saturated rings. The van der Waals surface area contributed by atoms with E-state index < -0.39 is 11.7 Å². The third kappa shape index (κ3) is 4.27. The van der Waals surface area contributed by atoms with Crippen molar-refractivity contribution in [3.8, 4) is 0 Å². The van der Waals surface area contributed by atoms with Gasteiger partial charge in [-0.2, -0.15) is 13.2 Å². The lowest BCUT2D eigenvalue weighted by Crippen LogP contribution is -2.09. The Labute approximate surface area is 131 Å². The molecule has 116 valence electrons. The number of thioether (sulfide) groups is 1. The minimum absolute atomic E-state index is 0.111. The molecule has 6 heteroatoms. The van der Waals surface area contributed by atoms with Crippen molar-refractivity contribution in [3.63, 3.8) is 0 Å². The first kappa shape index (κ1) is 16.4. The van der Waals surface area contributed by atoms with Gasteiger partial charge in [0.2, 0.25) is 0 Å². The summed E-state index contributed by atoms with van der Waals surface area (Å²) in [5.74, 6) is 0.566. The zero-order valence-electron chi connectivity index (χ0n) is 11.9. The van der Waals surface area contributed by atoms with Gasteiger partial charge in [-0.1, -0.05) is 48.2 Å². The molecule has 0 saturated carbocycles. The number of halogens is 3. The van der Waals surface area contributed by atoms with Crippen molar-refractivity contribution in [3.05, 3.63) is 65.2 Å². The molecule has 2 rings (SSSR count). The maximum atomic E-state index is 12.9. The van der Waals surface area contributed by atoms with Crippen LogP contribution in [-0.2, 0) is 11.9 Å². The van der Waals surface area contributed by atoms with E-state index in [1.807, 2.05) is 31.2 Å². The summed E-state index contributed by atoms with van der Waals surface area (Å²) in [5, 5.41) is 0.111. The summed E-state index contributed by atoms with van der Waals surface area (Å²) in [6.45, 7) is 1.97. The second kappa shape index (κ2) is 6.87. The molecule has 0 saturated heterocycles. The van der Waals surface area contributed by atoms with E-state index in [1.54, 1.807) is 0 Å². The summed E-state index contributed by atoms with van der Waals surface area (Å²) in [7, 11) is 0. The third-order valence-electron chi connectivity index (χ3n) is 3.08. The largest absolute Gasteiger partial charge is 0.418 e. The number of hydrogen-bond donors (Lipinski definition) is 1. The lowest BCUT2D eigenvalue weighted by Gasteiger charge is -2.10. The smallest absolute Gasteiger partial charge is 0.378 e. The SMILES string of the molecule is Cc1ccccc1CSC(N)=Nc1ccccc1C(F)(F)F. The summed E-state index contributed by atoms with van der Waals surface area (Å²) < 4.78 is 38.7. The minimum atomic E-state index is -4.44. The molecule has 2 nitrogen and oxygen atoms in total. The number of aliphatic imine (C=N–C) groups is 1. The summed E-state index contributed by atoms with van der Waals surface area (Å²) >= 11 is 1.22. The molecule has 2 N–H and O–H groups in total. The highest BCUT2D eigenvalue weighted by Crippen LogP contribution is 2.36. The van der Waals surface area contributed by atoms with E-state index in [4.69, 9.17) is 5.73 Å². The zero-order valence-corrected chi connectivity index (χ0v) is 12.7. The van der Waals surface area contributed by atoms with E-state index >= 15 is 0 Å². The Morgan fingerprint density at radius 1 is 1.09 bits per heavy atom. The van der Waals surface area contributed by atoms with Crippen molar-refractivity contribution >= 4 is 22.6 Å². The molecule has 2 aromatic carbocycles. The highest BCUT2D eigenvalue weighted by molar-refractivity contribution is 8.13. The molecule has 0 aliphatic carbocycles. The normalized spacial score (nSPS) is 12.5. The van der Waals surface area contributed by atoms with Gasteiger partial charge >= 0.3 is 6.18 Å². The van der Waals surface area contributed by atoms with Crippen molar-refractivity contribution in [1.29, 1.82) is 0 Å². The van der Waals surface area contributed by atoms with E-state index in [0.29, 0.717) is 5.75 Å². The molecule has 0 aromatic heterocycles. The summed E-state index contributed by atoms with van der Waals surface area (Å²) in [6, 6.07) is 12.9. The van der Waals surface area contributed by atoms with Crippen LogP contribution in [0.25, 0.3) is 0 Å². The molecule has 0 heterocycles. The molecule has 0 spiro atoms. The van der Waals surface area contributed by atoms with Gasteiger partial charge < -0.3 is 5.73 Å². The first-order valence-corrected chi connectivity index (χ1v) is 7.54. The van der Waals surface area contributed by atoms with Crippen molar-refractivity contribution in [2.75, 3.05) is 0 Å². The van der Waals surface area contributed by atoms with Gasteiger partial charge in [0.25, 0.3) is 0 Å². The first-order valence-electron chi connectivity index (χ1n) is 6.55. The van der Waals surface area contributed by atoms with Crippen LogP contribution in [0.2, 0.25) is 0 Å². The van der Waals surface area contributed by atoms with Gasteiger partial charge in [0, 0.05) is 5.75 Å². The fourth-order valence-electron chi connectivity index (χ4n) is 1.89. The van der Waals surface area contributed by atoms with Gasteiger partial charge in [0.15, 0.2) is 5.17 Å². The number of aryl methyl sites for hydroxylation is 1. The van der Waals surface area contributed by atoms with Gasteiger partial charge in [-0.15, -0.1) is 0 Å². The Morgan fingerprint density at radius 2 is 1.73 bits per heavy atom. The summed E-state index contributed by atoms with van der Waals surface area (Å²) in [4.78, 5) is 3.91. The van der Waals surface area contributed by atoms with Crippen LogP contribution in [0.15, 0.2) is 53.5 Å². The number of alkyl halides is 3. The van der Waals surface area contributed by atoms with Gasteiger partial charge in [-0.05, 0) is 30.2 Å². The fraction of sp³-hybridized carbons (Fsp3) is 0.188. The van der Waals surface area contributed by atoms with Gasteiger partial charge in [-0.25, -0.2) is 4.99 Å². The second-order valence-electron chi connectivity index (χ2n) is 4.68. The zero-order chi connectivity index (χ0) is 16.2. The van der Waals surface area contributed by atoms with Crippen molar-refractivity contribution in [2.24, 2.45) is 10.7 Å². The van der Waals surface area contributed by atoms with Gasteiger partial charge in [0.1, 0.15) is 0 Å². The van der Waals surface area contributed by atoms with Gasteiger partial charge in [-0.3, -0.25) is 0 Å². The van der Waals surface area contributed by atoms with E-state index in [-0.39, 0.29) is 10.9 Å². The maximum Gasteiger partial charge on any atom is 0.418 e. The number of benzene rings is 2. The number of nitrogens with two attached hydrogens (primary N) is 1. The number of para-hydroxylation sites is 1. The van der Waals surface area contributed by atoms with Crippen LogP contribution in [-0.4, -0.2) is 5.17 Å². The molecule has 0 unspecified atom stereocenters. The van der Waals surface area contributed by atoms with Gasteiger partial charge in [0.05, 0.1) is 11.3 Å². The van der Waals surface area contributed by atoms with Crippen LogP contribution in [0.1, 0.15) is 16.7 Å².